The first-order valence-corrected chi connectivity index (χ1v) is 7.12. The molecule has 0 spiro atoms. The van der Waals surface area contributed by atoms with Crippen molar-refractivity contribution in [2.75, 3.05) is 5.32 Å². The number of benzene rings is 2. The first-order chi connectivity index (χ1) is 10.4. The molecular weight excluding hydrogens is 298 g/mol. The minimum absolute atomic E-state index is 0.122. The summed E-state index contributed by atoms with van der Waals surface area (Å²) in [5, 5.41) is 13.3. The van der Waals surface area contributed by atoms with Crippen LogP contribution in [0.15, 0.2) is 34.7 Å². The van der Waals surface area contributed by atoms with Crippen LogP contribution in [0.5, 0.6) is 5.75 Å². The molecule has 3 aromatic rings. The van der Waals surface area contributed by atoms with E-state index in [1.54, 1.807) is 19.1 Å². The number of oxazole rings is 1. The summed E-state index contributed by atoms with van der Waals surface area (Å²) in [7, 11) is 0. The van der Waals surface area contributed by atoms with Gasteiger partial charge in [0.1, 0.15) is 11.3 Å². The summed E-state index contributed by atoms with van der Waals surface area (Å²) in [6.07, 6.45) is 0. The van der Waals surface area contributed by atoms with Gasteiger partial charge in [-0.1, -0.05) is 6.07 Å². The number of thiocarbonyl (C=S) groups is 1. The monoisotopic (exact) mass is 313 g/mol. The Morgan fingerprint density at radius 2 is 2.05 bits per heavy atom. The summed E-state index contributed by atoms with van der Waals surface area (Å²) in [6.45, 7) is 3.77. The van der Waals surface area contributed by atoms with Gasteiger partial charge in [-0.15, -0.1) is 0 Å². The lowest BCUT2D eigenvalue weighted by atomic mass is 10.1. The minimum Gasteiger partial charge on any atom is -0.507 e. The summed E-state index contributed by atoms with van der Waals surface area (Å²) in [5.41, 5.74) is 9.85. The highest BCUT2D eigenvalue weighted by Gasteiger charge is 2.15. The number of rotatable bonds is 2. The Labute approximate surface area is 132 Å². The Balaban J connectivity index is 2.16. The lowest BCUT2D eigenvalue weighted by Gasteiger charge is -2.09. The maximum absolute atomic E-state index is 10.3. The summed E-state index contributed by atoms with van der Waals surface area (Å²) in [5.74, 6) is 0.476. The number of hydrogen-bond donors (Lipinski definition) is 3. The van der Waals surface area contributed by atoms with Crippen molar-refractivity contribution in [3.8, 4) is 17.2 Å². The van der Waals surface area contributed by atoms with E-state index in [0.717, 1.165) is 11.1 Å². The molecular formula is C16H15N3O2S. The lowest BCUT2D eigenvalue weighted by Crippen LogP contribution is -2.18. The molecule has 6 heteroatoms. The second-order valence-corrected chi connectivity index (χ2v) is 5.61. The van der Waals surface area contributed by atoms with Crippen LogP contribution in [0.25, 0.3) is 22.6 Å². The zero-order chi connectivity index (χ0) is 15.9. The number of nitrogens with one attached hydrogen (secondary N) is 1. The molecule has 0 aliphatic rings. The molecule has 112 valence electrons. The Hall–Kier alpha value is -2.60. The summed E-state index contributed by atoms with van der Waals surface area (Å²) < 4.78 is 5.77. The number of hydrogen-bond acceptors (Lipinski definition) is 4. The zero-order valence-electron chi connectivity index (χ0n) is 12.2. The number of phenols is 1. The van der Waals surface area contributed by atoms with Crippen LogP contribution in [-0.2, 0) is 0 Å². The molecule has 3 rings (SSSR count). The van der Waals surface area contributed by atoms with Gasteiger partial charge in [-0.3, -0.25) is 0 Å². The van der Waals surface area contributed by atoms with Crippen LogP contribution in [-0.4, -0.2) is 15.2 Å². The van der Waals surface area contributed by atoms with E-state index >= 15 is 0 Å². The SMILES string of the molecule is Cc1ccc2nc(-c3cc(NC(N)=S)cc(C)c3O)oc2c1. The van der Waals surface area contributed by atoms with E-state index in [2.05, 4.69) is 10.3 Å². The quantitative estimate of drug-likeness (QED) is 0.496. The average Bonchev–Trinajstić information content (AvgIpc) is 2.84. The molecule has 2 aromatic carbocycles. The second kappa shape index (κ2) is 5.31. The molecule has 4 N–H and O–H groups in total. The van der Waals surface area contributed by atoms with Gasteiger partial charge >= 0.3 is 0 Å². The standard InChI is InChI=1S/C16H15N3O2S/c1-8-3-4-12-13(5-8)21-15(19-12)11-7-10(18-16(17)22)6-9(2)14(11)20/h3-7,20H,1-2H3,(H3,17,18,22). The normalized spacial score (nSPS) is 10.8. The molecule has 0 saturated heterocycles. The van der Waals surface area contributed by atoms with Crippen molar-refractivity contribution < 1.29 is 9.52 Å². The lowest BCUT2D eigenvalue weighted by molar-refractivity contribution is 0.470. The molecule has 22 heavy (non-hydrogen) atoms. The first kappa shape index (κ1) is 14.3. The van der Waals surface area contributed by atoms with Gasteiger partial charge in [0.15, 0.2) is 10.7 Å². The van der Waals surface area contributed by atoms with E-state index in [9.17, 15) is 5.11 Å². The van der Waals surface area contributed by atoms with Gasteiger partial charge in [0.05, 0.1) is 5.56 Å². The van der Waals surface area contributed by atoms with Crippen molar-refractivity contribution in [3.63, 3.8) is 0 Å². The number of aromatic nitrogens is 1. The van der Waals surface area contributed by atoms with E-state index in [1.807, 2.05) is 25.1 Å². The third kappa shape index (κ3) is 2.60. The van der Waals surface area contributed by atoms with E-state index in [4.69, 9.17) is 22.4 Å². The number of nitrogens with zero attached hydrogens (tertiary/aromatic N) is 1. The Morgan fingerprint density at radius 1 is 1.27 bits per heavy atom. The number of nitrogens with two attached hydrogens (primary N) is 1. The maximum Gasteiger partial charge on any atom is 0.231 e. The van der Waals surface area contributed by atoms with Gasteiger partial charge in [0, 0.05) is 5.69 Å². The zero-order valence-corrected chi connectivity index (χ0v) is 13.0. The van der Waals surface area contributed by atoms with Gasteiger partial charge in [-0.2, -0.15) is 0 Å². The summed E-state index contributed by atoms with van der Waals surface area (Å²) in [6, 6.07) is 9.22. The highest BCUT2D eigenvalue weighted by Crippen LogP contribution is 2.36. The minimum atomic E-state index is 0.122. The Kier molecular flexibility index (Phi) is 3.46. The van der Waals surface area contributed by atoms with E-state index in [-0.39, 0.29) is 10.9 Å². The molecule has 1 heterocycles. The van der Waals surface area contributed by atoms with Crippen LogP contribution in [0.2, 0.25) is 0 Å². The van der Waals surface area contributed by atoms with Crippen molar-refractivity contribution in [1.29, 1.82) is 0 Å². The molecule has 0 amide bonds. The largest absolute Gasteiger partial charge is 0.507 e. The third-order valence-corrected chi connectivity index (χ3v) is 3.44. The number of phenolic OH excluding ortho intramolecular Hbond substituents is 1. The highest BCUT2D eigenvalue weighted by atomic mass is 32.1. The molecule has 5 nitrogen and oxygen atoms in total. The molecule has 0 aliphatic carbocycles. The van der Waals surface area contributed by atoms with Crippen molar-refractivity contribution in [2.24, 2.45) is 5.73 Å². The number of anilines is 1. The molecule has 0 saturated carbocycles. The predicted molar refractivity (Wildman–Crippen MR) is 91.0 cm³/mol. The third-order valence-electron chi connectivity index (χ3n) is 3.34. The fraction of sp³-hybridized carbons (Fsp3) is 0.125. The topological polar surface area (TPSA) is 84.3 Å². The average molecular weight is 313 g/mol. The van der Waals surface area contributed by atoms with Gasteiger partial charge in [0.2, 0.25) is 5.89 Å². The van der Waals surface area contributed by atoms with E-state index < -0.39 is 0 Å². The van der Waals surface area contributed by atoms with E-state index in [0.29, 0.717) is 28.3 Å². The first-order valence-electron chi connectivity index (χ1n) is 6.71. The van der Waals surface area contributed by atoms with Gasteiger partial charge in [-0.05, 0) is 61.5 Å². The molecule has 0 bridgehead atoms. The van der Waals surface area contributed by atoms with Crippen LogP contribution in [0.3, 0.4) is 0 Å². The van der Waals surface area contributed by atoms with E-state index in [1.165, 1.54) is 0 Å². The molecule has 0 aliphatic heterocycles. The fourth-order valence-electron chi connectivity index (χ4n) is 2.30. The van der Waals surface area contributed by atoms with Crippen molar-refractivity contribution in [3.05, 3.63) is 41.5 Å². The summed E-state index contributed by atoms with van der Waals surface area (Å²) >= 11 is 4.85. The Morgan fingerprint density at radius 3 is 2.77 bits per heavy atom. The van der Waals surface area contributed by atoms with Gasteiger partial charge < -0.3 is 20.6 Å². The smallest absolute Gasteiger partial charge is 0.231 e. The van der Waals surface area contributed by atoms with Crippen molar-refractivity contribution >= 4 is 34.1 Å². The number of aromatic hydroxyl groups is 1. The summed E-state index contributed by atoms with van der Waals surface area (Å²) in [4.78, 5) is 4.43. The highest BCUT2D eigenvalue weighted by molar-refractivity contribution is 7.80. The number of fused-ring (bicyclic) bond motifs is 1. The van der Waals surface area contributed by atoms with Crippen LogP contribution in [0.4, 0.5) is 5.69 Å². The second-order valence-electron chi connectivity index (χ2n) is 5.17. The Bertz CT molecular complexity index is 886. The maximum atomic E-state index is 10.3. The number of aryl methyl sites for hydroxylation is 2. The fourth-order valence-corrected chi connectivity index (χ4v) is 2.42. The van der Waals surface area contributed by atoms with Crippen LogP contribution < -0.4 is 11.1 Å². The van der Waals surface area contributed by atoms with Crippen molar-refractivity contribution in [2.45, 2.75) is 13.8 Å². The van der Waals surface area contributed by atoms with Crippen molar-refractivity contribution in [1.82, 2.24) is 4.98 Å². The van der Waals surface area contributed by atoms with Crippen LogP contribution in [0.1, 0.15) is 11.1 Å². The molecule has 0 fully saturated rings. The van der Waals surface area contributed by atoms with Crippen LogP contribution in [0, 0.1) is 13.8 Å². The molecule has 1 aromatic heterocycles. The van der Waals surface area contributed by atoms with Gasteiger partial charge in [0.25, 0.3) is 0 Å². The molecule has 0 radical (unpaired) electrons. The predicted octanol–water partition coefficient (Wildman–Crippen LogP) is 3.47. The molecule has 0 unspecified atom stereocenters. The van der Waals surface area contributed by atoms with Crippen LogP contribution >= 0.6 is 12.2 Å². The molecule has 0 atom stereocenters. The van der Waals surface area contributed by atoms with Gasteiger partial charge in [-0.25, -0.2) is 4.98 Å².